The molecule has 16 heavy (non-hydrogen) atoms. The van der Waals surface area contributed by atoms with E-state index >= 15 is 0 Å². The Hall–Kier alpha value is -0.340. The molecule has 0 fully saturated rings. The average molecular weight is 226 g/mol. The van der Waals surface area contributed by atoms with Crippen LogP contribution in [0.3, 0.4) is 0 Å². The van der Waals surface area contributed by atoms with Gasteiger partial charge in [0.25, 0.3) is 0 Å². The molecule has 0 spiro atoms. The quantitative estimate of drug-likeness (QED) is 0.504. The van der Waals surface area contributed by atoms with E-state index in [1.54, 1.807) is 0 Å². The molecule has 2 atom stereocenters. The number of ether oxygens (including phenoxy) is 1. The van der Waals surface area contributed by atoms with Crippen LogP contribution in [0.15, 0.2) is 12.2 Å². The van der Waals surface area contributed by atoms with Crippen molar-refractivity contribution < 1.29 is 9.84 Å². The van der Waals surface area contributed by atoms with Crippen molar-refractivity contribution in [1.82, 2.24) is 0 Å². The molecule has 0 bridgehead atoms. The zero-order valence-corrected chi connectivity index (χ0v) is 10.7. The molecule has 1 N–H and O–H groups in total. The molecular formula is C14H26O2. The minimum absolute atomic E-state index is 0.137. The SMILES string of the molecule is CCCCCC1C=CC(O)(CCCCC)O1. The highest BCUT2D eigenvalue weighted by Gasteiger charge is 2.31. The molecular weight excluding hydrogens is 200 g/mol. The summed E-state index contributed by atoms with van der Waals surface area (Å²) in [6.45, 7) is 4.37. The Morgan fingerprint density at radius 1 is 1.12 bits per heavy atom. The van der Waals surface area contributed by atoms with Gasteiger partial charge >= 0.3 is 0 Å². The molecule has 2 nitrogen and oxygen atoms in total. The van der Waals surface area contributed by atoms with Crippen molar-refractivity contribution in [2.24, 2.45) is 0 Å². The molecule has 1 heterocycles. The Kier molecular flexibility index (Phi) is 6.07. The van der Waals surface area contributed by atoms with Crippen LogP contribution in [0.1, 0.15) is 65.2 Å². The van der Waals surface area contributed by atoms with E-state index in [2.05, 4.69) is 13.8 Å². The highest BCUT2D eigenvalue weighted by atomic mass is 16.6. The van der Waals surface area contributed by atoms with Gasteiger partial charge in [0, 0.05) is 6.42 Å². The summed E-state index contributed by atoms with van der Waals surface area (Å²) in [6.07, 6.45) is 12.9. The molecule has 2 unspecified atom stereocenters. The molecule has 94 valence electrons. The molecule has 1 rings (SSSR count). The maximum atomic E-state index is 10.1. The molecule has 0 aromatic rings. The van der Waals surface area contributed by atoms with Crippen molar-refractivity contribution in [3.05, 3.63) is 12.2 Å². The van der Waals surface area contributed by atoms with E-state index in [-0.39, 0.29) is 6.10 Å². The molecule has 1 aliphatic rings. The first kappa shape index (κ1) is 13.7. The standard InChI is InChI=1S/C14H26O2/c1-3-5-7-9-13-10-12-14(15,16-13)11-8-6-4-2/h10,12-13,15H,3-9,11H2,1-2H3. The van der Waals surface area contributed by atoms with Crippen molar-refractivity contribution in [3.8, 4) is 0 Å². The second-order valence-corrected chi connectivity index (χ2v) is 4.81. The summed E-state index contributed by atoms with van der Waals surface area (Å²) in [7, 11) is 0. The van der Waals surface area contributed by atoms with Crippen LogP contribution < -0.4 is 0 Å². The van der Waals surface area contributed by atoms with Crippen LogP contribution in [0.5, 0.6) is 0 Å². The third-order valence-electron chi connectivity index (χ3n) is 3.16. The van der Waals surface area contributed by atoms with Gasteiger partial charge in [0.15, 0.2) is 5.79 Å². The highest BCUT2D eigenvalue weighted by molar-refractivity contribution is 5.06. The third kappa shape index (κ3) is 4.67. The van der Waals surface area contributed by atoms with Crippen molar-refractivity contribution in [2.75, 3.05) is 0 Å². The molecule has 0 aromatic carbocycles. The maximum absolute atomic E-state index is 10.1. The lowest BCUT2D eigenvalue weighted by Gasteiger charge is -2.23. The lowest BCUT2D eigenvalue weighted by atomic mass is 10.1. The van der Waals surface area contributed by atoms with E-state index in [4.69, 9.17) is 4.74 Å². The molecule has 2 heteroatoms. The first-order valence-electron chi connectivity index (χ1n) is 6.79. The van der Waals surface area contributed by atoms with Gasteiger partial charge < -0.3 is 9.84 Å². The summed E-state index contributed by atoms with van der Waals surface area (Å²) in [5, 5.41) is 10.1. The Morgan fingerprint density at radius 3 is 2.50 bits per heavy atom. The summed E-state index contributed by atoms with van der Waals surface area (Å²) in [5.41, 5.74) is 0. The normalized spacial score (nSPS) is 28.8. The average Bonchev–Trinajstić information content (AvgIpc) is 2.62. The predicted molar refractivity (Wildman–Crippen MR) is 67.2 cm³/mol. The summed E-state index contributed by atoms with van der Waals surface area (Å²) in [5.74, 6) is -0.966. The fraction of sp³-hybridized carbons (Fsp3) is 0.857. The van der Waals surface area contributed by atoms with E-state index in [0.717, 1.165) is 19.3 Å². The van der Waals surface area contributed by atoms with Crippen molar-refractivity contribution in [2.45, 2.75) is 77.1 Å². The van der Waals surface area contributed by atoms with Gasteiger partial charge in [-0.3, -0.25) is 0 Å². The van der Waals surface area contributed by atoms with E-state index in [0.29, 0.717) is 0 Å². The van der Waals surface area contributed by atoms with E-state index in [1.165, 1.54) is 32.1 Å². The van der Waals surface area contributed by atoms with Crippen molar-refractivity contribution in [1.29, 1.82) is 0 Å². The highest BCUT2D eigenvalue weighted by Crippen LogP contribution is 2.28. The smallest absolute Gasteiger partial charge is 0.185 e. The van der Waals surface area contributed by atoms with Crippen molar-refractivity contribution in [3.63, 3.8) is 0 Å². The Balaban J connectivity index is 2.20. The van der Waals surface area contributed by atoms with Gasteiger partial charge in [0.2, 0.25) is 0 Å². The summed E-state index contributed by atoms with van der Waals surface area (Å²) in [6, 6.07) is 0. The summed E-state index contributed by atoms with van der Waals surface area (Å²) >= 11 is 0. The fourth-order valence-corrected chi connectivity index (χ4v) is 2.12. The Morgan fingerprint density at radius 2 is 1.81 bits per heavy atom. The van der Waals surface area contributed by atoms with Crippen LogP contribution in [0.4, 0.5) is 0 Å². The van der Waals surface area contributed by atoms with Crippen LogP contribution in [0, 0.1) is 0 Å². The lowest BCUT2D eigenvalue weighted by molar-refractivity contribution is -0.177. The van der Waals surface area contributed by atoms with Crippen LogP contribution in [-0.4, -0.2) is 17.0 Å². The molecule has 0 radical (unpaired) electrons. The van der Waals surface area contributed by atoms with Gasteiger partial charge in [-0.2, -0.15) is 0 Å². The van der Waals surface area contributed by atoms with Crippen LogP contribution in [0.25, 0.3) is 0 Å². The maximum Gasteiger partial charge on any atom is 0.185 e. The summed E-state index contributed by atoms with van der Waals surface area (Å²) in [4.78, 5) is 0. The predicted octanol–water partition coefficient (Wildman–Crippen LogP) is 3.79. The minimum atomic E-state index is -0.966. The largest absolute Gasteiger partial charge is 0.362 e. The number of hydrogen-bond donors (Lipinski definition) is 1. The molecule has 0 aliphatic carbocycles. The fourth-order valence-electron chi connectivity index (χ4n) is 2.12. The zero-order valence-electron chi connectivity index (χ0n) is 10.7. The van der Waals surface area contributed by atoms with Crippen molar-refractivity contribution >= 4 is 0 Å². The second-order valence-electron chi connectivity index (χ2n) is 4.81. The van der Waals surface area contributed by atoms with Gasteiger partial charge in [0.1, 0.15) is 0 Å². The second kappa shape index (κ2) is 7.08. The van der Waals surface area contributed by atoms with Gasteiger partial charge in [-0.15, -0.1) is 0 Å². The number of hydrogen-bond acceptors (Lipinski definition) is 2. The molecule has 0 aromatic heterocycles. The topological polar surface area (TPSA) is 29.5 Å². The monoisotopic (exact) mass is 226 g/mol. The molecule has 0 saturated heterocycles. The van der Waals surface area contributed by atoms with Crippen LogP contribution >= 0.6 is 0 Å². The summed E-state index contributed by atoms with van der Waals surface area (Å²) < 4.78 is 5.69. The number of rotatable bonds is 8. The first-order valence-corrected chi connectivity index (χ1v) is 6.79. The molecule has 1 aliphatic heterocycles. The van der Waals surface area contributed by atoms with Gasteiger partial charge in [0.05, 0.1) is 6.10 Å². The zero-order chi connectivity index (χ0) is 11.9. The Bertz CT molecular complexity index is 213. The van der Waals surface area contributed by atoms with Gasteiger partial charge in [-0.1, -0.05) is 52.0 Å². The van der Waals surface area contributed by atoms with Gasteiger partial charge in [-0.05, 0) is 18.9 Å². The minimum Gasteiger partial charge on any atom is -0.362 e. The van der Waals surface area contributed by atoms with Gasteiger partial charge in [-0.25, -0.2) is 0 Å². The van der Waals surface area contributed by atoms with Crippen LogP contribution in [-0.2, 0) is 4.74 Å². The Labute approximate surface area is 99.7 Å². The lowest BCUT2D eigenvalue weighted by Crippen LogP contribution is -2.28. The van der Waals surface area contributed by atoms with E-state index in [9.17, 15) is 5.11 Å². The number of unbranched alkanes of at least 4 members (excludes halogenated alkanes) is 4. The third-order valence-corrected chi connectivity index (χ3v) is 3.16. The molecule has 0 amide bonds. The van der Waals surface area contributed by atoms with Crippen LogP contribution in [0.2, 0.25) is 0 Å². The van der Waals surface area contributed by atoms with E-state index < -0.39 is 5.79 Å². The van der Waals surface area contributed by atoms with E-state index in [1.807, 2.05) is 12.2 Å². The molecule has 0 saturated carbocycles. The number of aliphatic hydroxyl groups is 1. The first-order chi connectivity index (χ1) is 7.70.